The number of hydrogen-bond acceptors (Lipinski definition) is 4. The minimum Gasteiger partial charge on any atom is -0.356 e. The van der Waals surface area contributed by atoms with Gasteiger partial charge in [0.2, 0.25) is 11.8 Å². The highest BCUT2D eigenvalue weighted by atomic mass is 127. The number of hydrogen-bond donors (Lipinski definition) is 2. The first-order valence-corrected chi connectivity index (χ1v) is 11.5. The quantitative estimate of drug-likeness (QED) is 0.135. The monoisotopic (exact) mass is 562 g/mol. The van der Waals surface area contributed by atoms with Gasteiger partial charge in [-0.3, -0.25) is 19.5 Å². The van der Waals surface area contributed by atoms with Crippen LogP contribution in [-0.4, -0.2) is 58.7 Å². The Balaban J connectivity index is 0.00000259. The van der Waals surface area contributed by atoms with Crippen molar-refractivity contribution >= 4 is 47.4 Å². The van der Waals surface area contributed by atoms with Crippen molar-refractivity contribution in [2.75, 3.05) is 26.7 Å². The highest BCUT2D eigenvalue weighted by molar-refractivity contribution is 14.0. The molecule has 4 unspecified atom stereocenters. The first-order chi connectivity index (χ1) is 15.6. The van der Waals surface area contributed by atoms with Crippen molar-refractivity contribution in [3.8, 4) is 0 Å². The summed E-state index contributed by atoms with van der Waals surface area (Å²) < 4.78 is 2.05. The number of carbonyl (C=O) groups excluding carboxylic acids is 2. The van der Waals surface area contributed by atoms with Crippen molar-refractivity contribution in [2.24, 2.45) is 28.7 Å². The van der Waals surface area contributed by atoms with E-state index in [9.17, 15) is 9.59 Å². The van der Waals surface area contributed by atoms with Gasteiger partial charge in [0.15, 0.2) is 5.96 Å². The van der Waals surface area contributed by atoms with Crippen LogP contribution in [0, 0.1) is 30.6 Å². The fraction of sp³-hybridized carbons (Fsp3) is 0.500. The molecule has 2 N–H and O–H groups in total. The maximum Gasteiger partial charge on any atom is 0.233 e. The van der Waals surface area contributed by atoms with Crippen LogP contribution in [0.3, 0.4) is 0 Å². The number of guanidine groups is 1. The smallest absolute Gasteiger partial charge is 0.233 e. The number of nitrogens with one attached hydrogen (secondary N) is 2. The van der Waals surface area contributed by atoms with E-state index in [1.54, 1.807) is 7.05 Å². The van der Waals surface area contributed by atoms with E-state index in [0.29, 0.717) is 32.0 Å². The average Bonchev–Trinajstić information content (AvgIpc) is 3.55. The number of carbonyl (C=O) groups is 2. The molecule has 2 aliphatic carbocycles. The second-order valence-corrected chi connectivity index (χ2v) is 9.01. The van der Waals surface area contributed by atoms with Crippen molar-refractivity contribution < 1.29 is 9.59 Å². The third kappa shape index (κ3) is 4.39. The second-order valence-electron chi connectivity index (χ2n) is 9.01. The van der Waals surface area contributed by atoms with Gasteiger partial charge in [-0.1, -0.05) is 18.2 Å². The molecule has 2 aromatic heterocycles. The number of pyridine rings is 1. The van der Waals surface area contributed by atoms with Gasteiger partial charge in [-0.15, -0.1) is 24.0 Å². The fourth-order valence-corrected chi connectivity index (χ4v) is 5.48. The maximum atomic E-state index is 12.7. The summed E-state index contributed by atoms with van der Waals surface area (Å²) in [5.74, 6) is 1.09. The minimum atomic E-state index is -0.108. The van der Waals surface area contributed by atoms with Crippen molar-refractivity contribution in [2.45, 2.75) is 26.2 Å². The predicted molar refractivity (Wildman–Crippen MR) is 137 cm³/mol. The topological polar surface area (TPSA) is 91.1 Å². The molecule has 3 heterocycles. The van der Waals surface area contributed by atoms with Gasteiger partial charge in [-0.25, -0.2) is 4.98 Å². The van der Waals surface area contributed by atoms with Crippen molar-refractivity contribution in [1.29, 1.82) is 0 Å². The number of aliphatic imine (C=N–C) groups is 1. The largest absolute Gasteiger partial charge is 0.356 e. The summed E-state index contributed by atoms with van der Waals surface area (Å²) in [5.41, 5.74) is 3.18. The molecular formula is C24H31IN6O2. The molecule has 9 heteroatoms. The highest BCUT2D eigenvalue weighted by Gasteiger charge is 2.58. The molecule has 1 saturated heterocycles. The lowest BCUT2D eigenvalue weighted by Gasteiger charge is -2.18. The van der Waals surface area contributed by atoms with Crippen molar-refractivity contribution in [3.63, 3.8) is 0 Å². The van der Waals surface area contributed by atoms with Crippen LogP contribution < -0.4 is 10.6 Å². The molecule has 2 bridgehead atoms. The Hall–Kier alpha value is -2.43. The summed E-state index contributed by atoms with van der Waals surface area (Å²) in [5, 5.41) is 6.59. The molecule has 3 aliphatic rings. The first kappa shape index (κ1) is 23.7. The van der Waals surface area contributed by atoms with Gasteiger partial charge in [0.1, 0.15) is 5.65 Å². The molecule has 8 nitrogen and oxygen atoms in total. The van der Waals surface area contributed by atoms with E-state index < -0.39 is 0 Å². The number of nitrogens with zero attached hydrogens (tertiary/aromatic N) is 4. The van der Waals surface area contributed by atoms with Crippen molar-refractivity contribution in [1.82, 2.24) is 24.9 Å². The Bertz CT molecular complexity index is 1080. The van der Waals surface area contributed by atoms with E-state index in [-0.39, 0.29) is 59.5 Å². The van der Waals surface area contributed by atoms with Crippen LogP contribution in [0.1, 0.15) is 24.1 Å². The Morgan fingerprint density at radius 1 is 1.15 bits per heavy atom. The van der Waals surface area contributed by atoms with Crippen LogP contribution in [0.15, 0.2) is 41.7 Å². The number of amides is 2. The summed E-state index contributed by atoms with van der Waals surface area (Å²) in [4.78, 5) is 35.9. The van der Waals surface area contributed by atoms with Gasteiger partial charge in [-0.2, -0.15) is 0 Å². The number of aromatic nitrogens is 2. The Kier molecular flexibility index (Phi) is 7.06. The average molecular weight is 562 g/mol. The number of halogens is 1. The number of allylic oxidation sites excluding steroid dienone is 2. The number of aryl methyl sites for hydroxylation is 1. The molecule has 2 fully saturated rings. The summed E-state index contributed by atoms with van der Waals surface area (Å²) in [7, 11) is 1.74. The Labute approximate surface area is 210 Å². The summed E-state index contributed by atoms with van der Waals surface area (Å²) in [6.45, 7) is 3.89. The minimum absolute atomic E-state index is 0. The van der Waals surface area contributed by atoms with E-state index in [0.717, 1.165) is 29.7 Å². The van der Waals surface area contributed by atoms with Gasteiger partial charge < -0.3 is 15.0 Å². The molecular weight excluding hydrogens is 531 g/mol. The number of fused-ring (bicyclic) bond motifs is 6. The molecule has 0 spiro atoms. The molecule has 2 aromatic rings. The predicted octanol–water partition coefficient (Wildman–Crippen LogP) is 2.17. The van der Waals surface area contributed by atoms with Gasteiger partial charge in [0.05, 0.1) is 17.5 Å². The summed E-state index contributed by atoms with van der Waals surface area (Å²) >= 11 is 0. The Morgan fingerprint density at radius 3 is 2.52 bits per heavy atom. The number of likely N-dealkylation sites (tertiary alicyclic amines) is 1. The Morgan fingerprint density at radius 2 is 1.85 bits per heavy atom. The molecule has 1 aliphatic heterocycles. The molecule has 5 rings (SSSR count). The van der Waals surface area contributed by atoms with Crippen LogP contribution in [0.4, 0.5) is 0 Å². The molecule has 33 heavy (non-hydrogen) atoms. The molecule has 176 valence electrons. The number of imide groups is 1. The van der Waals surface area contributed by atoms with Gasteiger partial charge in [0.25, 0.3) is 0 Å². The first-order valence-electron chi connectivity index (χ1n) is 11.5. The van der Waals surface area contributed by atoms with E-state index >= 15 is 0 Å². The third-order valence-electron chi connectivity index (χ3n) is 7.04. The standard InChI is InChI=1S/C24H30N6O2.HI/c1-15-5-3-11-29-14-18(28-21(15)29)8-10-27-24(25-2)26-9-4-12-30-22(31)19-16-6-7-17(13-16)20(19)23(30)32;/h3,5-7,11,14,16-17,19-20H,4,8-10,12-13H2,1-2H3,(H2,25,26,27);1H. The SMILES string of the molecule is CN=C(NCCCN1C(=O)C2C3C=CC(C3)C2C1=O)NCCc1cn2cccc(C)c2n1.I. The highest BCUT2D eigenvalue weighted by Crippen LogP contribution is 2.52. The lowest BCUT2D eigenvalue weighted by atomic mass is 9.85. The van der Waals surface area contributed by atoms with E-state index in [1.807, 2.05) is 16.7 Å². The summed E-state index contributed by atoms with van der Waals surface area (Å²) in [6, 6.07) is 4.08. The zero-order chi connectivity index (χ0) is 22.2. The van der Waals surface area contributed by atoms with Crippen molar-refractivity contribution in [3.05, 3.63) is 47.9 Å². The number of rotatable bonds is 7. The maximum absolute atomic E-state index is 12.7. The van der Waals surface area contributed by atoms with Crippen LogP contribution in [0.25, 0.3) is 5.65 Å². The van der Waals surface area contributed by atoms with Crippen LogP contribution in [-0.2, 0) is 16.0 Å². The second kappa shape index (κ2) is 9.82. The lowest BCUT2D eigenvalue weighted by Crippen LogP contribution is -2.40. The van der Waals surface area contributed by atoms with Crippen LogP contribution >= 0.6 is 24.0 Å². The molecule has 0 radical (unpaired) electrons. The van der Waals surface area contributed by atoms with E-state index in [2.05, 4.69) is 47.0 Å². The number of imidazole rings is 1. The lowest BCUT2D eigenvalue weighted by molar-refractivity contribution is -0.140. The zero-order valence-corrected chi connectivity index (χ0v) is 21.4. The molecule has 1 saturated carbocycles. The zero-order valence-electron chi connectivity index (χ0n) is 19.0. The normalized spacial score (nSPS) is 25.6. The fourth-order valence-electron chi connectivity index (χ4n) is 5.48. The van der Waals surface area contributed by atoms with Gasteiger partial charge >= 0.3 is 0 Å². The summed E-state index contributed by atoms with van der Waals surface area (Å²) in [6.07, 6.45) is 10.8. The molecule has 2 amide bonds. The van der Waals surface area contributed by atoms with E-state index in [1.165, 1.54) is 4.90 Å². The molecule has 4 atom stereocenters. The van der Waals surface area contributed by atoms with Crippen LogP contribution in [0.5, 0.6) is 0 Å². The van der Waals surface area contributed by atoms with E-state index in [4.69, 9.17) is 4.98 Å². The van der Waals surface area contributed by atoms with Gasteiger partial charge in [0, 0.05) is 45.5 Å². The van der Waals surface area contributed by atoms with Gasteiger partial charge in [-0.05, 0) is 43.2 Å². The third-order valence-corrected chi connectivity index (χ3v) is 7.04. The van der Waals surface area contributed by atoms with Crippen LogP contribution in [0.2, 0.25) is 0 Å². The molecule has 0 aromatic carbocycles.